The minimum atomic E-state index is -0.469. The average molecular weight is 264 g/mol. The number of carbonyl (C=O) groups is 1. The molecular formula is C12H16N4O3. The normalized spacial score (nSPS) is 10.6. The molecule has 0 radical (unpaired) electrons. The highest BCUT2D eigenvalue weighted by atomic mass is 16.5. The van der Waals surface area contributed by atoms with Gasteiger partial charge in [-0.3, -0.25) is 4.68 Å². The van der Waals surface area contributed by atoms with Crippen molar-refractivity contribution in [3.05, 3.63) is 35.8 Å². The second-order valence-electron chi connectivity index (χ2n) is 4.02. The number of hydrogen-bond donors (Lipinski definition) is 1. The number of aromatic nitrogens is 3. The van der Waals surface area contributed by atoms with E-state index in [2.05, 4.69) is 20.1 Å². The monoisotopic (exact) mass is 264 g/mol. The molecule has 0 atom stereocenters. The summed E-state index contributed by atoms with van der Waals surface area (Å²) in [4.78, 5) is 15.3. The zero-order valence-electron chi connectivity index (χ0n) is 10.9. The van der Waals surface area contributed by atoms with E-state index in [0.717, 1.165) is 18.8 Å². The highest BCUT2D eigenvalue weighted by molar-refractivity contribution is 5.86. The van der Waals surface area contributed by atoms with Gasteiger partial charge in [0.15, 0.2) is 5.82 Å². The molecule has 7 heteroatoms. The third kappa shape index (κ3) is 3.65. The van der Waals surface area contributed by atoms with Crippen molar-refractivity contribution >= 4 is 5.97 Å². The van der Waals surface area contributed by atoms with Gasteiger partial charge < -0.3 is 14.5 Å². The van der Waals surface area contributed by atoms with Gasteiger partial charge in [0.2, 0.25) is 5.76 Å². The third-order valence-electron chi connectivity index (χ3n) is 2.52. The summed E-state index contributed by atoms with van der Waals surface area (Å²) in [5, 5.41) is 7.37. The zero-order valence-corrected chi connectivity index (χ0v) is 10.9. The average Bonchev–Trinajstić information content (AvgIpc) is 3.03. The van der Waals surface area contributed by atoms with E-state index in [1.54, 1.807) is 23.1 Å². The molecular weight excluding hydrogens is 248 g/mol. The van der Waals surface area contributed by atoms with E-state index in [4.69, 9.17) is 4.42 Å². The molecule has 2 aromatic heterocycles. The number of hydrogen-bond acceptors (Lipinski definition) is 6. The van der Waals surface area contributed by atoms with Crippen LogP contribution in [-0.2, 0) is 24.8 Å². The molecule has 7 nitrogen and oxygen atoms in total. The lowest BCUT2D eigenvalue weighted by atomic mass is 10.4. The second-order valence-corrected chi connectivity index (χ2v) is 4.02. The Morgan fingerprint density at radius 1 is 1.53 bits per heavy atom. The molecule has 2 aromatic rings. The fourth-order valence-corrected chi connectivity index (χ4v) is 1.59. The molecule has 0 aliphatic rings. The Kier molecular flexibility index (Phi) is 4.30. The van der Waals surface area contributed by atoms with Crippen molar-refractivity contribution in [3.8, 4) is 0 Å². The summed E-state index contributed by atoms with van der Waals surface area (Å²) in [5.74, 6) is 1.23. The smallest absolute Gasteiger partial charge is 0.373 e. The molecule has 0 bridgehead atoms. The predicted octanol–water partition coefficient (Wildman–Crippen LogP) is 0.527. The molecule has 2 rings (SSSR count). The first kappa shape index (κ1) is 13.3. The SMILES string of the molecule is COC(=O)c1ccc(CNCCc2ncn(C)n2)o1. The van der Waals surface area contributed by atoms with E-state index in [1.165, 1.54) is 7.11 Å². The Labute approximate surface area is 110 Å². The number of rotatable bonds is 6. The zero-order chi connectivity index (χ0) is 13.7. The quantitative estimate of drug-likeness (QED) is 0.605. The number of ether oxygens (including phenoxy) is 1. The lowest BCUT2D eigenvalue weighted by molar-refractivity contribution is 0.0563. The Bertz CT molecular complexity index is 547. The molecule has 0 aliphatic heterocycles. The van der Waals surface area contributed by atoms with Crippen LogP contribution in [0.4, 0.5) is 0 Å². The van der Waals surface area contributed by atoms with Crippen molar-refractivity contribution in [1.29, 1.82) is 0 Å². The van der Waals surface area contributed by atoms with Crippen LogP contribution in [0.15, 0.2) is 22.9 Å². The number of nitrogens with zero attached hydrogens (tertiary/aromatic N) is 3. The van der Waals surface area contributed by atoms with Crippen LogP contribution in [0.25, 0.3) is 0 Å². The molecule has 19 heavy (non-hydrogen) atoms. The number of aryl methyl sites for hydroxylation is 1. The summed E-state index contributed by atoms with van der Waals surface area (Å²) < 4.78 is 11.6. The van der Waals surface area contributed by atoms with Crippen LogP contribution in [0.1, 0.15) is 22.1 Å². The van der Waals surface area contributed by atoms with E-state index in [1.807, 2.05) is 7.05 Å². The van der Waals surface area contributed by atoms with Gasteiger partial charge >= 0.3 is 5.97 Å². The first-order valence-electron chi connectivity index (χ1n) is 5.91. The van der Waals surface area contributed by atoms with Crippen LogP contribution < -0.4 is 5.32 Å². The van der Waals surface area contributed by atoms with Crippen molar-refractivity contribution in [3.63, 3.8) is 0 Å². The summed E-state index contributed by atoms with van der Waals surface area (Å²) in [6.07, 6.45) is 2.41. The maximum absolute atomic E-state index is 11.2. The number of nitrogens with one attached hydrogen (secondary N) is 1. The van der Waals surface area contributed by atoms with Gasteiger partial charge in [0.25, 0.3) is 0 Å². The summed E-state index contributed by atoms with van der Waals surface area (Å²) in [7, 11) is 3.16. The second kappa shape index (κ2) is 6.14. The third-order valence-corrected chi connectivity index (χ3v) is 2.52. The largest absolute Gasteiger partial charge is 0.463 e. The maximum Gasteiger partial charge on any atom is 0.373 e. The van der Waals surface area contributed by atoms with Crippen LogP contribution in [0.3, 0.4) is 0 Å². The Morgan fingerprint density at radius 3 is 3.05 bits per heavy atom. The number of methoxy groups -OCH3 is 1. The van der Waals surface area contributed by atoms with E-state index in [9.17, 15) is 4.79 Å². The molecule has 0 spiro atoms. The summed E-state index contributed by atoms with van der Waals surface area (Å²) >= 11 is 0. The van der Waals surface area contributed by atoms with Crippen LogP contribution in [0, 0.1) is 0 Å². The molecule has 0 fully saturated rings. The topological polar surface area (TPSA) is 82.2 Å². The van der Waals surface area contributed by atoms with Gasteiger partial charge in [-0.25, -0.2) is 9.78 Å². The van der Waals surface area contributed by atoms with Crippen LogP contribution >= 0.6 is 0 Å². The lowest BCUT2D eigenvalue weighted by Crippen LogP contribution is -2.17. The molecule has 0 saturated carbocycles. The van der Waals surface area contributed by atoms with E-state index in [-0.39, 0.29) is 5.76 Å². The molecule has 0 aliphatic carbocycles. The minimum Gasteiger partial charge on any atom is -0.463 e. The Balaban J connectivity index is 1.73. The maximum atomic E-state index is 11.2. The molecule has 2 heterocycles. The fourth-order valence-electron chi connectivity index (χ4n) is 1.59. The van der Waals surface area contributed by atoms with Crippen LogP contribution in [0.2, 0.25) is 0 Å². The van der Waals surface area contributed by atoms with Gasteiger partial charge in [-0.15, -0.1) is 0 Å². The number of esters is 1. The van der Waals surface area contributed by atoms with E-state index >= 15 is 0 Å². The Hall–Kier alpha value is -2.15. The lowest BCUT2D eigenvalue weighted by Gasteiger charge is -2.00. The standard InChI is InChI=1S/C12H16N4O3/c1-16-8-14-11(15-16)5-6-13-7-9-3-4-10(19-9)12(17)18-2/h3-4,8,13H,5-7H2,1-2H3. The van der Waals surface area contributed by atoms with Crippen molar-refractivity contribution < 1.29 is 13.9 Å². The molecule has 0 unspecified atom stereocenters. The van der Waals surface area contributed by atoms with E-state index in [0.29, 0.717) is 12.3 Å². The van der Waals surface area contributed by atoms with Gasteiger partial charge in [-0.1, -0.05) is 0 Å². The molecule has 0 saturated heterocycles. The predicted molar refractivity (Wildman–Crippen MR) is 66.5 cm³/mol. The summed E-state index contributed by atoms with van der Waals surface area (Å²) in [5.41, 5.74) is 0. The molecule has 0 amide bonds. The first-order chi connectivity index (χ1) is 9.19. The number of furan rings is 1. The minimum absolute atomic E-state index is 0.214. The van der Waals surface area contributed by atoms with Crippen molar-refractivity contribution in [2.24, 2.45) is 7.05 Å². The van der Waals surface area contributed by atoms with Crippen molar-refractivity contribution in [2.45, 2.75) is 13.0 Å². The first-order valence-corrected chi connectivity index (χ1v) is 5.91. The van der Waals surface area contributed by atoms with Gasteiger partial charge in [-0.05, 0) is 12.1 Å². The van der Waals surface area contributed by atoms with Crippen molar-refractivity contribution in [2.75, 3.05) is 13.7 Å². The van der Waals surface area contributed by atoms with Gasteiger partial charge in [0.05, 0.1) is 13.7 Å². The van der Waals surface area contributed by atoms with Crippen molar-refractivity contribution in [1.82, 2.24) is 20.1 Å². The Morgan fingerprint density at radius 2 is 2.37 bits per heavy atom. The summed E-state index contributed by atoms with van der Waals surface area (Å²) in [6, 6.07) is 3.35. The highest BCUT2D eigenvalue weighted by Gasteiger charge is 2.10. The van der Waals surface area contributed by atoms with Crippen LogP contribution in [-0.4, -0.2) is 34.4 Å². The molecule has 1 N–H and O–H groups in total. The molecule has 0 aromatic carbocycles. The van der Waals surface area contributed by atoms with Crippen LogP contribution in [0.5, 0.6) is 0 Å². The number of carbonyl (C=O) groups excluding carboxylic acids is 1. The van der Waals surface area contributed by atoms with Gasteiger partial charge in [-0.2, -0.15) is 5.10 Å². The van der Waals surface area contributed by atoms with Gasteiger partial charge in [0.1, 0.15) is 12.1 Å². The van der Waals surface area contributed by atoms with Gasteiger partial charge in [0, 0.05) is 20.0 Å². The molecule has 102 valence electrons. The van der Waals surface area contributed by atoms with E-state index < -0.39 is 5.97 Å². The highest BCUT2D eigenvalue weighted by Crippen LogP contribution is 2.08. The fraction of sp³-hybridized carbons (Fsp3) is 0.417. The summed E-state index contributed by atoms with van der Waals surface area (Å²) in [6.45, 7) is 1.28.